The number of halogens is 1. The molecular formula is C19H18BrN3O5S. The molecule has 1 heterocycles. The quantitative estimate of drug-likeness (QED) is 0.304. The van der Waals surface area contributed by atoms with E-state index < -0.39 is 27.9 Å². The molecule has 0 aliphatic carbocycles. The Labute approximate surface area is 176 Å². The third-order valence-electron chi connectivity index (χ3n) is 4.38. The molecule has 0 aromatic heterocycles. The molecule has 0 radical (unpaired) electrons. The van der Waals surface area contributed by atoms with Gasteiger partial charge >= 0.3 is 5.97 Å². The maximum absolute atomic E-state index is 12.9. The highest BCUT2D eigenvalue weighted by Gasteiger charge is 2.45. The van der Waals surface area contributed by atoms with E-state index in [-0.39, 0.29) is 23.6 Å². The number of amidine groups is 1. The van der Waals surface area contributed by atoms with Crippen LogP contribution >= 0.6 is 15.9 Å². The predicted octanol–water partition coefficient (Wildman–Crippen LogP) is 2.30. The van der Waals surface area contributed by atoms with Gasteiger partial charge in [0.1, 0.15) is 6.04 Å². The van der Waals surface area contributed by atoms with Gasteiger partial charge in [-0.05, 0) is 37.6 Å². The summed E-state index contributed by atoms with van der Waals surface area (Å²) in [5.41, 5.74) is 7.19. The van der Waals surface area contributed by atoms with Gasteiger partial charge in [0.15, 0.2) is 5.84 Å². The summed E-state index contributed by atoms with van der Waals surface area (Å²) in [5.74, 6) is -1.69. The molecule has 2 aromatic carbocycles. The molecule has 152 valence electrons. The number of hydrogen-bond acceptors (Lipinski definition) is 6. The lowest BCUT2D eigenvalue weighted by Crippen LogP contribution is -2.43. The topological polar surface area (TPSA) is 119 Å². The number of sulfonamides is 1. The van der Waals surface area contributed by atoms with Gasteiger partial charge in [0.25, 0.3) is 10.0 Å². The van der Waals surface area contributed by atoms with Gasteiger partial charge in [-0.2, -0.15) is 0 Å². The molecule has 0 saturated carbocycles. The normalized spacial score (nSPS) is 17.4. The SMILES string of the molecule is Cc1ccc(S(=O)(=O)N2C(=O)CCC2C(=O)O/N=C(/N)c2ccc(Br)cc2)cc1. The van der Waals surface area contributed by atoms with Crippen LogP contribution in [0.4, 0.5) is 0 Å². The van der Waals surface area contributed by atoms with Crippen molar-refractivity contribution in [1.29, 1.82) is 0 Å². The van der Waals surface area contributed by atoms with E-state index in [0.29, 0.717) is 9.87 Å². The number of nitrogens with zero attached hydrogens (tertiary/aromatic N) is 2. The monoisotopic (exact) mass is 479 g/mol. The van der Waals surface area contributed by atoms with E-state index in [2.05, 4.69) is 21.1 Å². The van der Waals surface area contributed by atoms with E-state index in [1.165, 1.54) is 12.1 Å². The van der Waals surface area contributed by atoms with E-state index in [1.807, 2.05) is 6.92 Å². The molecule has 1 saturated heterocycles. The van der Waals surface area contributed by atoms with Gasteiger partial charge in [0, 0.05) is 16.5 Å². The Kier molecular flexibility index (Phi) is 6.04. The van der Waals surface area contributed by atoms with Gasteiger partial charge in [-0.1, -0.05) is 50.9 Å². The molecule has 0 spiro atoms. The molecule has 1 unspecified atom stereocenters. The number of benzene rings is 2. The molecule has 8 nitrogen and oxygen atoms in total. The van der Waals surface area contributed by atoms with Gasteiger partial charge in [0.05, 0.1) is 4.90 Å². The van der Waals surface area contributed by atoms with Crippen LogP contribution in [-0.4, -0.2) is 36.5 Å². The first kappa shape index (κ1) is 21.0. The summed E-state index contributed by atoms with van der Waals surface area (Å²) in [6.07, 6.45) is -0.0762. The summed E-state index contributed by atoms with van der Waals surface area (Å²) in [5, 5.41) is 3.59. The average molecular weight is 480 g/mol. The largest absolute Gasteiger partial charge is 0.380 e. The molecule has 2 aromatic rings. The Bertz CT molecular complexity index is 1070. The van der Waals surface area contributed by atoms with E-state index >= 15 is 0 Å². The zero-order valence-electron chi connectivity index (χ0n) is 15.4. The smallest absolute Gasteiger partial charge is 0.358 e. The highest BCUT2D eigenvalue weighted by Crippen LogP contribution is 2.28. The summed E-state index contributed by atoms with van der Waals surface area (Å²) < 4.78 is 27.2. The molecule has 1 fully saturated rings. The van der Waals surface area contributed by atoms with Crippen LogP contribution < -0.4 is 5.73 Å². The third-order valence-corrected chi connectivity index (χ3v) is 6.76. The van der Waals surface area contributed by atoms with Crippen LogP contribution in [0.2, 0.25) is 0 Å². The fourth-order valence-corrected chi connectivity index (χ4v) is 4.69. The summed E-state index contributed by atoms with van der Waals surface area (Å²) in [6.45, 7) is 1.81. The molecule has 3 rings (SSSR count). The van der Waals surface area contributed by atoms with Gasteiger partial charge in [-0.25, -0.2) is 17.5 Å². The second-order valence-electron chi connectivity index (χ2n) is 6.46. The van der Waals surface area contributed by atoms with Gasteiger partial charge in [-0.3, -0.25) is 4.79 Å². The van der Waals surface area contributed by atoms with Crippen molar-refractivity contribution in [3.63, 3.8) is 0 Å². The Hall–Kier alpha value is -2.72. The van der Waals surface area contributed by atoms with Crippen molar-refractivity contribution < 1.29 is 22.8 Å². The van der Waals surface area contributed by atoms with E-state index in [0.717, 1.165) is 10.0 Å². The van der Waals surface area contributed by atoms with Crippen LogP contribution in [0.15, 0.2) is 63.1 Å². The van der Waals surface area contributed by atoms with Gasteiger partial charge in [0.2, 0.25) is 5.91 Å². The molecular weight excluding hydrogens is 462 g/mol. The van der Waals surface area contributed by atoms with Crippen LogP contribution in [-0.2, 0) is 24.4 Å². The molecule has 1 amide bonds. The number of rotatable bonds is 5. The minimum absolute atomic E-state index is 0.0104. The highest BCUT2D eigenvalue weighted by atomic mass is 79.9. The minimum Gasteiger partial charge on any atom is -0.380 e. The summed E-state index contributed by atoms with van der Waals surface area (Å²) >= 11 is 3.29. The highest BCUT2D eigenvalue weighted by molar-refractivity contribution is 9.10. The van der Waals surface area contributed by atoms with Crippen molar-refractivity contribution >= 4 is 43.7 Å². The van der Waals surface area contributed by atoms with Crippen molar-refractivity contribution in [3.05, 3.63) is 64.1 Å². The van der Waals surface area contributed by atoms with Crippen molar-refractivity contribution in [2.24, 2.45) is 10.9 Å². The number of carbonyl (C=O) groups is 2. The lowest BCUT2D eigenvalue weighted by atomic mass is 10.2. The number of amides is 1. The van der Waals surface area contributed by atoms with Crippen molar-refractivity contribution in [2.75, 3.05) is 0 Å². The summed E-state index contributed by atoms with van der Waals surface area (Å²) in [6, 6.07) is 11.5. The molecule has 2 N–H and O–H groups in total. The maximum Gasteiger partial charge on any atom is 0.358 e. The predicted molar refractivity (Wildman–Crippen MR) is 109 cm³/mol. The van der Waals surface area contributed by atoms with E-state index in [9.17, 15) is 18.0 Å². The number of carbonyl (C=O) groups excluding carboxylic acids is 2. The number of oxime groups is 1. The van der Waals surface area contributed by atoms with Crippen LogP contribution in [0.1, 0.15) is 24.0 Å². The minimum atomic E-state index is -4.20. The molecule has 1 aliphatic heterocycles. The van der Waals surface area contributed by atoms with Crippen molar-refractivity contribution in [2.45, 2.75) is 30.7 Å². The van der Waals surface area contributed by atoms with Crippen molar-refractivity contribution in [1.82, 2.24) is 4.31 Å². The second-order valence-corrected chi connectivity index (χ2v) is 9.19. The Morgan fingerprint density at radius 3 is 2.41 bits per heavy atom. The maximum atomic E-state index is 12.9. The zero-order chi connectivity index (χ0) is 21.2. The standard InChI is InChI=1S/C19H18BrN3O5S/c1-12-2-8-15(9-3-12)29(26,27)23-16(10-11-17(23)24)19(25)28-22-18(21)13-4-6-14(20)7-5-13/h2-9,16H,10-11H2,1H3,(H2,21,22). The second kappa shape index (κ2) is 8.34. The number of hydrogen-bond donors (Lipinski definition) is 1. The fraction of sp³-hybridized carbons (Fsp3) is 0.211. The van der Waals surface area contributed by atoms with Crippen LogP contribution in [0.25, 0.3) is 0 Å². The molecule has 1 atom stereocenters. The Morgan fingerprint density at radius 1 is 1.17 bits per heavy atom. The van der Waals surface area contributed by atoms with Crippen molar-refractivity contribution in [3.8, 4) is 0 Å². The average Bonchev–Trinajstić information content (AvgIpc) is 3.09. The summed E-state index contributed by atoms with van der Waals surface area (Å²) in [7, 11) is -4.20. The first-order chi connectivity index (χ1) is 13.7. The summed E-state index contributed by atoms with van der Waals surface area (Å²) in [4.78, 5) is 29.5. The first-order valence-electron chi connectivity index (χ1n) is 8.64. The lowest BCUT2D eigenvalue weighted by Gasteiger charge is -2.22. The number of aryl methyl sites for hydroxylation is 1. The molecule has 0 bridgehead atoms. The number of nitrogens with two attached hydrogens (primary N) is 1. The first-order valence-corrected chi connectivity index (χ1v) is 10.9. The van der Waals surface area contributed by atoms with Crippen LogP contribution in [0, 0.1) is 6.92 Å². The van der Waals surface area contributed by atoms with Crippen LogP contribution in [0.5, 0.6) is 0 Å². The molecule has 1 aliphatic rings. The zero-order valence-corrected chi connectivity index (χ0v) is 17.8. The van der Waals surface area contributed by atoms with Crippen LogP contribution in [0.3, 0.4) is 0 Å². The van der Waals surface area contributed by atoms with Gasteiger partial charge in [-0.15, -0.1) is 0 Å². The van der Waals surface area contributed by atoms with E-state index in [1.54, 1.807) is 36.4 Å². The molecule has 29 heavy (non-hydrogen) atoms. The van der Waals surface area contributed by atoms with Gasteiger partial charge < -0.3 is 10.6 Å². The third kappa shape index (κ3) is 4.48. The van der Waals surface area contributed by atoms with E-state index in [4.69, 9.17) is 10.6 Å². The lowest BCUT2D eigenvalue weighted by molar-refractivity contribution is -0.149. The molecule has 10 heteroatoms. The fourth-order valence-electron chi connectivity index (χ4n) is 2.83. The Balaban J connectivity index is 1.80. The Morgan fingerprint density at radius 2 is 1.79 bits per heavy atom.